The minimum absolute atomic E-state index is 0.538. The molecule has 0 N–H and O–H groups in total. The largest absolute Gasteiger partial charge is 0.369 e. The molecule has 0 aliphatic carbocycles. The number of nitrogens with zero attached hydrogens (tertiary/aromatic N) is 3. The SMILES string of the molecule is CCc1ccc(N2CCN(S(=O)(=O)N(C)C)CC2)cc1. The fourth-order valence-electron chi connectivity index (χ4n) is 2.35. The molecule has 0 amide bonds. The maximum absolute atomic E-state index is 12.0. The minimum Gasteiger partial charge on any atom is -0.369 e. The molecule has 5 nitrogen and oxygen atoms in total. The minimum atomic E-state index is -3.28. The van der Waals surface area contributed by atoms with Crippen LogP contribution in [0.3, 0.4) is 0 Å². The van der Waals surface area contributed by atoms with Gasteiger partial charge < -0.3 is 4.90 Å². The smallest absolute Gasteiger partial charge is 0.281 e. The first-order valence-electron chi connectivity index (χ1n) is 6.96. The summed E-state index contributed by atoms with van der Waals surface area (Å²) < 4.78 is 26.9. The van der Waals surface area contributed by atoms with Crippen LogP contribution in [0.15, 0.2) is 24.3 Å². The predicted molar refractivity (Wildman–Crippen MR) is 82.2 cm³/mol. The molecule has 0 aromatic heterocycles. The lowest BCUT2D eigenvalue weighted by Gasteiger charge is -2.36. The van der Waals surface area contributed by atoms with Gasteiger partial charge in [-0.15, -0.1) is 0 Å². The predicted octanol–water partition coefficient (Wildman–Crippen LogP) is 1.18. The van der Waals surface area contributed by atoms with Crippen molar-refractivity contribution < 1.29 is 8.42 Å². The number of benzene rings is 1. The summed E-state index contributed by atoms with van der Waals surface area (Å²) in [6.07, 6.45) is 1.04. The average Bonchev–Trinajstić information content (AvgIpc) is 2.47. The lowest BCUT2D eigenvalue weighted by atomic mass is 10.1. The Kier molecular flexibility index (Phi) is 4.67. The molecule has 0 bridgehead atoms. The normalized spacial score (nSPS) is 17.7. The highest BCUT2D eigenvalue weighted by Crippen LogP contribution is 2.19. The Bertz CT molecular complexity index is 532. The molecular formula is C14H23N3O2S. The standard InChI is InChI=1S/C14H23N3O2S/c1-4-13-5-7-14(8-6-13)16-9-11-17(12-10-16)20(18,19)15(2)3/h5-8H,4,9-12H2,1-3H3. The topological polar surface area (TPSA) is 43.9 Å². The quantitative estimate of drug-likeness (QED) is 0.838. The summed E-state index contributed by atoms with van der Waals surface area (Å²) in [5.41, 5.74) is 2.49. The van der Waals surface area contributed by atoms with Gasteiger partial charge in [0.1, 0.15) is 0 Å². The highest BCUT2D eigenvalue weighted by atomic mass is 32.2. The Labute approximate surface area is 122 Å². The molecule has 6 heteroatoms. The average molecular weight is 297 g/mol. The molecule has 1 heterocycles. The van der Waals surface area contributed by atoms with Crippen molar-refractivity contribution in [3.8, 4) is 0 Å². The van der Waals surface area contributed by atoms with E-state index in [2.05, 4.69) is 36.1 Å². The van der Waals surface area contributed by atoms with Crippen LogP contribution in [0.1, 0.15) is 12.5 Å². The van der Waals surface area contributed by atoms with Crippen molar-refractivity contribution in [3.63, 3.8) is 0 Å². The molecule has 0 unspecified atom stereocenters. The summed E-state index contributed by atoms with van der Waals surface area (Å²) in [4.78, 5) is 2.24. The van der Waals surface area contributed by atoms with Crippen LogP contribution in [0, 0.1) is 0 Å². The van der Waals surface area contributed by atoms with Gasteiger partial charge in [0.15, 0.2) is 0 Å². The van der Waals surface area contributed by atoms with Crippen molar-refractivity contribution in [2.24, 2.45) is 0 Å². The fraction of sp³-hybridized carbons (Fsp3) is 0.571. The van der Waals surface area contributed by atoms with E-state index in [0.29, 0.717) is 13.1 Å². The third-order valence-corrected chi connectivity index (χ3v) is 5.68. The molecule has 1 aromatic rings. The van der Waals surface area contributed by atoms with Crippen molar-refractivity contribution in [2.45, 2.75) is 13.3 Å². The third kappa shape index (κ3) is 3.13. The summed E-state index contributed by atoms with van der Waals surface area (Å²) >= 11 is 0. The van der Waals surface area contributed by atoms with Gasteiger partial charge in [-0.2, -0.15) is 17.0 Å². The van der Waals surface area contributed by atoms with Crippen LogP contribution >= 0.6 is 0 Å². The number of aryl methyl sites for hydroxylation is 1. The van der Waals surface area contributed by atoms with E-state index in [1.54, 1.807) is 18.4 Å². The van der Waals surface area contributed by atoms with Crippen molar-refractivity contribution >= 4 is 15.9 Å². The highest BCUT2D eigenvalue weighted by molar-refractivity contribution is 7.86. The second-order valence-corrected chi connectivity index (χ2v) is 7.34. The number of hydrogen-bond acceptors (Lipinski definition) is 3. The molecular weight excluding hydrogens is 274 g/mol. The van der Waals surface area contributed by atoms with Crippen molar-refractivity contribution in [1.82, 2.24) is 8.61 Å². The summed E-state index contributed by atoms with van der Waals surface area (Å²) in [6, 6.07) is 8.51. The van der Waals surface area contributed by atoms with E-state index < -0.39 is 10.2 Å². The van der Waals surface area contributed by atoms with Gasteiger partial charge >= 0.3 is 0 Å². The van der Waals surface area contributed by atoms with Gasteiger partial charge in [-0.25, -0.2) is 0 Å². The summed E-state index contributed by atoms with van der Waals surface area (Å²) in [5, 5.41) is 0. The first-order valence-corrected chi connectivity index (χ1v) is 8.36. The van der Waals surface area contributed by atoms with E-state index in [1.807, 2.05) is 0 Å². The molecule has 20 heavy (non-hydrogen) atoms. The lowest BCUT2D eigenvalue weighted by molar-refractivity contribution is 0.355. The summed E-state index contributed by atoms with van der Waals surface area (Å²) in [6.45, 7) is 4.68. The first-order chi connectivity index (χ1) is 9.45. The van der Waals surface area contributed by atoms with Gasteiger partial charge in [0, 0.05) is 46.0 Å². The van der Waals surface area contributed by atoms with Gasteiger partial charge in [0.05, 0.1) is 0 Å². The first kappa shape index (κ1) is 15.3. The van der Waals surface area contributed by atoms with E-state index in [-0.39, 0.29) is 0 Å². The van der Waals surface area contributed by atoms with Crippen LogP contribution < -0.4 is 4.90 Å². The maximum atomic E-state index is 12.0. The van der Waals surface area contributed by atoms with Gasteiger partial charge in [-0.1, -0.05) is 19.1 Å². The summed E-state index contributed by atoms with van der Waals surface area (Å²) in [7, 11) is -0.127. The second-order valence-electron chi connectivity index (χ2n) is 5.20. The van der Waals surface area contributed by atoms with Gasteiger partial charge in [0.25, 0.3) is 10.2 Å². The Morgan fingerprint density at radius 2 is 1.60 bits per heavy atom. The Morgan fingerprint density at radius 3 is 2.05 bits per heavy atom. The van der Waals surface area contributed by atoms with Crippen LogP contribution in [0.5, 0.6) is 0 Å². The van der Waals surface area contributed by atoms with Gasteiger partial charge in [-0.3, -0.25) is 0 Å². The van der Waals surface area contributed by atoms with E-state index >= 15 is 0 Å². The van der Waals surface area contributed by atoms with Gasteiger partial charge in [-0.05, 0) is 24.1 Å². The van der Waals surface area contributed by atoms with E-state index in [1.165, 1.54) is 15.6 Å². The number of rotatable bonds is 4. The monoisotopic (exact) mass is 297 g/mol. The fourth-order valence-corrected chi connectivity index (χ4v) is 3.44. The van der Waals surface area contributed by atoms with Crippen LogP contribution in [0.4, 0.5) is 5.69 Å². The molecule has 2 rings (SSSR count). The van der Waals surface area contributed by atoms with Crippen LogP contribution in [-0.2, 0) is 16.6 Å². The van der Waals surface area contributed by atoms with Crippen molar-refractivity contribution in [3.05, 3.63) is 29.8 Å². The van der Waals surface area contributed by atoms with Crippen LogP contribution in [0.2, 0.25) is 0 Å². The second kappa shape index (κ2) is 6.11. The molecule has 0 spiro atoms. The molecule has 1 fully saturated rings. The number of piperazine rings is 1. The maximum Gasteiger partial charge on any atom is 0.281 e. The molecule has 112 valence electrons. The third-order valence-electron chi connectivity index (χ3n) is 3.74. The van der Waals surface area contributed by atoms with Crippen molar-refractivity contribution in [1.29, 1.82) is 0 Å². The van der Waals surface area contributed by atoms with Crippen molar-refractivity contribution in [2.75, 3.05) is 45.2 Å². The molecule has 1 aliphatic heterocycles. The van der Waals surface area contributed by atoms with E-state index in [4.69, 9.17) is 0 Å². The van der Waals surface area contributed by atoms with Crippen LogP contribution in [0.25, 0.3) is 0 Å². The molecule has 0 saturated carbocycles. The zero-order valence-electron chi connectivity index (χ0n) is 12.4. The zero-order chi connectivity index (χ0) is 14.8. The Hall–Kier alpha value is -1.11. The molecule has 1 aromatic carbocycles. The van der Waals surface area contributed by atoms with E-state index in [9.17, 15) is 8.42 Å². The van der Waals surface area contributed by atoms with Crippen LogP contribution in [-0.4, -0.2) is 57.3 Å². The molecule has 0 atom stereocenters. The Balaban J connectivity index is 2.00. The van der Waals surface area contributed by atoms with E-state index in [0.717, 1.165) is 19.5 Å². The molecule has 1 aliphatic rings. The molecule has 0 radical (unpaired) electrons. The number of hydrogen-bond donors (Lipinski definition) is 0. The van der Waals surface area contributed by atoms with Gasteiger partial charge in [0.2, 0.25) is 0 Å². The highest BCUT2D eigenvalue weighted by Gasteiger charge is 2.28. The lowest BCUT2D eigenvalue weighted by Crippen LogP contribution is -2.51. The number of anilines is 1. The summed E-state index contributed by atoms with van der Waals surface area (Å²) in [5.74, 6) is 0. The zero-order valence-corrected chi connectivity index (χ0v) is 13.2. The Morgan fingerprint density at radius 1 is 1.05 bits per heavy atom. The molecule has 1 saturated heterocycles.